The van der Waals surface area contributed by atoms with Gasteiger partial charge in [0.1, 0.15) is 18.1 Å². The molecule has 1 N–H and O–H groups in total. The lowest BCUT2D eigenvalue weighted by atomic mass is 10.2. The molecule has 1 unspecified atom stereocenters. The third-order valence-corrected chi connectivity index (χ3v) is 4.56. The van der Waals surface area contributed by atoms with Crippen molar-refractivity contribution in [3.05, 3.63) is 94.5 Å². The van der Waals surface area contributed by atoms with Crippen LogP contribution in [-0.4, -0.2) is 18.2 Å². The number of carbonyl (C=O) groups excluding carboxylic acids is 1. The van der Waals surface area contributed by atoms with Crippen LogP contribution in [0.1, 0.15) is 18.1 Å². The number of amides is 1. The van der Waals surface area contributed by atoms with Gasteiger partial charge in [0.15, 0.2) is 6.10 Å². The Kier molecular flexibility index (Phi) is 7.41. The molecule has 0 heterocycles. The summed E-state index contributed by atoms with van der Waals surface area (Å²) in [5.41, 5.74) is 4.35. The molecule has 0 aliphatic heterocycles. The van der Waals surface area contributed by atoms with E-state index in [-0.39, 0.29) is 5.91 Å². The van der Waals surface area contributed by atoms with Crippen LogP contribution in [0.15, 0.2) is 88.4 Å². The summed E-state index contributed by atoms with van der Waals surface area (Å²) in [6.07, 6.45) is 0.878. The first kappa shape index (κ1) is 20.6. The molecular formula is C23H21BrN2O3. The molecule has 29 heavy (non-hydrogen) atoms. The first-order valence-electron chi connectivity index (χ1n) is 9.13. The maximum atomic E-state index is 12.2. The van der Waals surface area contributed by atoms with Gasteiger partial charge in [-0.05, 0) is 48.9 Å². The predicted molar refractivity (Wildman–Crippen MR) is 117 cm³/mol. The number of hydrazone groups is 1. The average Bonchev–Trinajstić information content (AvgIpc) is 2.75. The highest BCUT2D eigenvalue weighted by Gasteiger charge is 2.13. The lowest BCUT2D eigenvalue weighted by Gasteiger charge is -2.13. The maximum absolute atomic E-state index is 12.2. The summed E-state index contributed by atoms with van der Waals surface area (Å²) in [5.74, 6) is 0.958. The minimum absolute atomic E-state index is 0.341. The molecule has 6 heteroatoms. The molecule has 0 saturated carbocycles. The van der Waals surface area contributed by atoms with Gasteiger partial charge in [-0.15, -0.1) is 0 Å². The minimum atomic E-state index is -0.683. The number of hydrogen-bond donors (Lipinski definition) is 1. The summed E-state index contributed by atoms with van der Waals surface area (Å²) in [7, 11) is 0. The molecule has 0 aromatic heterocycles. The predicted octanol–water partition coefficient (Wildman–Crippen LogP) is 4.95. The van der Waals surface area contributed by atoms with Gasteiger partial charge >= 0.3 is 0 Å². The fourth-order valence-electron chi connectivity index (χ4n) is 2.48. The number of hydrogen-bond acceptors (Lipinski definition) is 4. The molecule has 148 valence electrons. The van der Waals surface area contributed by atoms with Crippen LogP contribution in [0.4, 0.5) is 0 Å². The van der Waals surface area contributed by atoms with Gasteiger partial charge in [0.05, 0.1) is 6.21 Å². The zero-order valence-electron chi connectivity index (χ0n) is 15.9. The Morgan fingerprint density at radius 2 is 1.72 bits per heavy atom. The summed E-state index contributed by atoms with van der Waals surface area (Å²) in [5, 5.41) is 4.04. The van der Waals surface area contributed by atoms with E-state index < -0.39 is 6.10 Å². The molecule has 0 saturated heterocycles. The molecule has 3 rings (SSSR count). The van der Waals surface area contributed by atoms with Gasteiger partial charge in [0.2, 0.25) is 0 Å². The lowest BCUT2D eigenvalue weighted by Crippen LogP contribution is -2.33. The van der Waals surface area contributed by atoms with E-state index in [0.717, 1.165) is 15.6 Å². The van der Waals surface area contributed by atoms with E-state index >= 15 is 0 Å². The molecule has 1 amide bonds. The number of ether oxygens (including phenoxy) is 2. The zero-order valence-corrected chi connectivity index (χ0v) is 17.5. The second-order valence-corrected chi connectivity index (χ2v) is 7.18. The number of nitrogens with one attached hydrogen (secondary N) is 1. The summed E-state index contributed by atoms with van der Waals surface area (Å²) in [4.78, 5) is 12.2. The van der Waals surface area contributed by atoms with Crippen LogP contribution in [0.3, 0.4) is 0 Å². The van der Waals surface area contributed by atoms with Crippen LogP contribution in [0, 0.1) is 0 Å². The molecule has 0 fully saturated rings. The van der Waals surface area contributed by atoms with E-state index in [1.54, 1.807) is 25.3 Å². The van der Waals surface area contributed by atoms with Gasteiger partial charge in [0, 0.05) is 10.0 Å². The zero-order chi connectivity index (χ0) is 20.5. The minimum Gasteiger partial charge on any atom is -0.488 e. The molecule has 5 nitrogen and oxygen atoms in total. The van der Waals surface area contributed by atoms with Crippen molar-refractivity contribution in [1.29, 1.82) is 0 Å². The highest BCUT2D eigenvalue weighted by molar-refractivity contribution is 9.10. The lowest BCUT2D eigenvalue weighted by molar-refractivity contribution is -0.127. The molecule has 0 aliphatic carbocycles. The van der Waals surface area contributed by atoms with Crippen molar-refractivity contribution in [2.45, 2.75) is 19.6 Å². The second kappa shape index (κ2) is 10.4. The Morgan fingerprint density at radius 1 is 1.03 bits per heavy atom. The van der Waals surface area contributed by atoms with E-state index in [4.69, 9.17) is 9.47 Å². The molecule has 0 radical (unpaired) electrons. The van der Waals surface area contributed by atoms with Crippen LogP contribution < -0.4 is 14.9 Å². The maximum Gasteiger partial charge on any atom is 0.280 e. The van der Waals surface area contributed by atoms with Crippen molar-refractivity contribution in [3.63, 3.8) is 0 Å². The van der Waals surface area contributed by atoms with Crippen LogP contribution in [0.25, 0.3) is 0 Å². The van der Waals surface area contributed by atoms with Crippen molar-refractivity contribution in [2.24, 2.45) is 5.10 Å². The number of para-hydroxylation sites is 1. The smallest absolute Gasteiger partial charge is 0.280 e. The molecular weight excluding hydrogens is 432 g/mol. The van der Waals surface area contributed by atoms with E-state index in [1.165, 1.54) is 0 Å². The Bertz CT molecular complexity index is 959. The van der Waals surface area contributed by atoms with Gasteiger partial charge in [-0.2, -0.15) is 5.10 Å². The Balaban J connectivity index is 1.55. The van der Waals surface area contributed by atoms with E-state index in [1.807, 2.05) is 66.7 Å². The van der Waals surface area contributed by atoms with Crippen molar-refractivity contribution in [1.82, 2.24) is 5.43 Å². The summed E-state index contributed by atoms with van der Waals surface area (Å²) in [6.45, 7) is 2.12. The summed E-state index contributed by atoms with van der Waals surface area (Å²) >= 11 is 3.36. The van der Waals surface area contributed by atoms with Crippen LogP contribution in [0.2, 0.25) is 0 Å². The van der Waals surface area contributed by atoms with Gasteiger partial charge in [-0.3, -0.25) is 4.79 Å². The van der Waals surface area contributed by atoms with E-state index in [2.05, 4.69) is 26.5 Å². The molecule has 0 aliphatic rings. The number of nitrogens with zero attached hydrogens (tertiary/aromatic N) is 1. The number of carbonyl (C=O) groups is 1. The van der Waals surface area contributed by atoms with Gasteiger partial charge in [0.25, 0.3) is 5.91 Å². The Labute approximate surface area is 178 Å². The highest BCUT2D eigenvalue weighted by atomic mass is 79.9. The van der Waals surface area contributed by atoms with Crippen LogP contribution >= 0.6 is 15.9 Å². The Hall–Kier alpha value is -3.12. The summed E-state index contributed by atoms with van der Waals surface area (Å²) in [6, 6.07) is 24.7. The first-order chi connectivity index (χ1) is 14.1. The standard InChI is InChI=1S/C23H21BrN2O3/c1-17(29-21-13-11-20(24)12-14-21)23(27)26-25-15-19-9-5-6-10-22(19)28-16-18-7-3-2-4-8-18/h2-15,17H,16H2,1H3,(H,26,27). The summed E-state index contributed by atoms with van der Waals surface area (Å²) < 4.78 is 12.4. The first-order valence-corrected chi connectivity index (χ1v) is 9.92. The van der Waals surface area contributed by atoms with Crippen molar-refractivity contribution in [3.8, 4) is 11.5 Å². The molecule has 1 atom stereocenters. The van der Waals surface area contributed by atoms with E-state index in [9.17, 15) is 4.79 Å². The fourth-order valence-corrected chi connectivity index (χ4v) is 2.75. The van der Waals surface area contributed by atoms with Crippen molar-refractivity contribution in [2.75, 3.05) is 0 Å². The largest absolute Gasteiger partial charge is 0.488 e. The van der Waals surface area contributed by atoms with Gasteiger partial charge in [-0.25, -0.2) is 5.43 Å². The SMILES string of the molecule is CC(Oc1ccc(Br)cc1)C(=O)NN=Cc1ccccc1OCc1ccccc1. The molecule has 0 bridgehead atoms. The van der Waals surface area contributed by atoms with Crippen molar-refractivity contribution < 1.29 is 14.3 Å². The number of rotatable bonds is 8. The average molecular weight is 453 g/mol. The van der Waals surface area contributed by atoms with Gasteiger partial charge in [-0.1, -0.05) is 58.4 Å². The molecule has 0 spiro atoms. The quantitative estimate of drug-likeness (QED) is 0.388. The number of benzene rings is 3. The topological polar surface area (TPSA) is 59.9 Å². The third kappa shape index (κ3) is 6.47. The Morgan fingerprint density at radius 3 is 2.48 bits per heavy atom. The normalized spacial score (nSPS) is 11.8. The van der Waals surface area contributed by atoms with Crippen LogP contribution in [-0.2, 0) is 11.4 Å². The second-order valence-electron chi connectivity index (χ2n) is 6.26. The fraction of sp³-hybridized carbons (Fsp3) is 0.130. The number of halogens is 1. The van der Waals surface area contributed by atoms with Crippen LogP contribution in [0.5, 0.6) is 11.5 Å². The van der Waals surface area contributed by atoms with E-state index in [0.29, 0.717) is 18.1 Å². The highest BCUT2D eigenvalue weighted by Crippen LogP contribution is 2.18. The molecule has 3 aromatic carbocycles. The van der Waals surface area contributed by atoms with Gasteiger partial charge < -0.3 is 9.47 Å². The van der Waals surface area contributed by atoms with Crippen molar-refractivity contribution >= 4 is 28.1 Å². The monoisotopic (exact) mass is 452 g/mol. The molecule has 3 aromatic rings. The third-order valence-electron chi connectivity index (χ3n) is 4.03.